The van der Waals surface area contributed by atoms with Gasteiger partial charge in [0.1, 0.15) is 4.99 Å². The van der Waals surface area contributed by atoms with Gasteiger partial charge in [-0.25, -0.2) is 0 Å². The molecule has 1 aromatic heterocycles. The number of thiocarbonyl (C=S) groups is 1. The number of amides is 1. The van der Waals surface area contributed by atoms with Crippen LogP contribution >= 0.6 is 23.6 Å². The summed E-state index contributed by atoms with van der Waals surface area (Å²) in [6.45, 7) is 0. The summed E-state index contributed by atoms with van der Waals surface area (Å²) in [5.74, 6) is -0.125. The molecule has 0 aliphatic heterocycles. The summed E-state index contributed by atoms with van der Waals surface area (Å²) < 4.78 is 0. The lowest BCUT2D eigenvalue weighted by Gasteiger charge is -2.05. The van der Waals surface area contributed by atoms with Gasteiger partial charge in [0.25, 0.3) is 5.91 Å². The molecule has 3 nitrogen and oxygen atoms in total. The molecule has 5 heteroatoms. The topological polar surface area (TPSA) is 55.1 Å². The Morgan fingerprint density at radius 1 is 1.29 bits per heavy atom. The highest BCUT2D eigenvalue weighted by molar-refractivity contribution is 7.80. The van der Waals surface area contributed by atoms with Gasteiger partial charge in [-0.05, 0) is 23.6 Å². The summed E-state index contributed by atoms with van der Waals surface area (Å²) in [5.41, 5.74) is 6.96. The Balaban J connectivity index is 2.16. The molecule has 0 saturated heterocycles. The molecule has 0 spiro atoms. The lowest BCUT2D eigenvalue weighted by molar-refractivity contribution is 0.103. The Kier molecular flexibility index (Phi) is 3.51. The van der Waals surface area contributed by atoms with E-state index < -0.39 is 0 Å². The van der Waals surface area contributed by atoms with Crippen molar-refractivity contribution in [3.05, 3.63) is 52.2 Å². The largest absolute Gasteiger partial charge is 0.389 e. The van der Waals surface area contributed by atoms with Crippen LogP contribution in [0.2, 0.25) is 0 Å². The normalized spacial score (nSPS) is 9.88. The third-order valence-corrected chi connectivity index (χ3v) is 3.25. The number of nitrogens with two attached hydrogens (primary N) is 1. The number of hydrogen-bond donors (Lipinski definition) is 2. The van der Waals surface area contributed by atoms with Gasteiger partial charge in [0.2, 0.25) is 0 Å². The van der Waals surface area contributed by atoms with E-state index in [0.29, 0.717) is 15.6 Å². The van der Waals surface area contributed by atoms with Crippen LogP contribution in [0, 0.1) is 0 Å². The van der Waals surface area contributed by atoms with Crippen LogP contribution in [0.15, 0.2) is 41.8 Å². The summed E-state index contributed by atoms with van der Waals surface area (Å²) in [7, 11) is 0. The highest BCUT2D eigenvalue weighted by Crippen LogP contribution is 2.14. The van der Waals surface area contributed by atoms with Crippen LogP contribution < -0.4 is 11.1 Å². The van der Waals surface area contributed by atoms with E-state index in [1.54, 1.807) is 24.3 Å². The SMILES string of the molecule is NC(=S)c1cccc(NC(=O)c2cccs2)c1. The minimum Gasteiger partial charge on any atom is -0.389 e. The van der Waals surface area contributed by atoms with Crippen LogP contribution in [0.1, 0.15) is 15.2 Å². The molecule has 0 atom stereocenters. The van der Waals surface area contributed by atoms with Gasteiger partial charge in [-0.3, -0.25) is 4.79 Å². The van der Waals surface area contributed by atoms with E-state index in [0.717, 1.165) is 5.56 Å². The Morgan fingerprint density at radius 2 is 2.12 bits per heavy atom. The maximum atomic E-state index is 11.8. The molecule has 17 heavy (non-hydrogen) atoms. The average molecular weight is 262 g/mol. The molecular formula is C12H10N2OS2. The smallest absolute Gasteiger partial charge is 0.265 e. The highest BCUT2D eigenvalue weighted by atomic mass is 32.1. The zero-order valence-electron chi connectivity index (χ0n) is 8.84. The summed E-state index contributed by atoms with van der Waals surface area (Å²) >= 11 is 6.28. The first kappa shape index (κ1) is 11.8. The van der Waals surface area contributed by atoms with Gasteiger partial charge in [-0.1, -0.05) is 30.4 Å². The van der Waals surface area contributed by atoms with Crippen molar-refractivity contribution >= 4 is 40.1 Å². The predicted molar refractivity (Wildman–Crippen MR) is 74.6 cm³/mol. The van der Waals surface area contributed by atoms with Crippen LogP contribution in [0.3, 0.4) is 0 Å². The number of carbonyl (C=O) groups excluding carboxylic acids is 1. The minimum atomic E-state index is -0.125. The monoisotopic (exact) mass is 262 g/mol. The molecule has 3 N–H and O–H groups in total. The van der Waals surface area contributed by atoms with E-state index in [1.165, 1.54) is 11.3 Å². The van der Waals surface area contributed by atoms with E-state index in [1.807, 2.05) is 17.5 Å². The molecule has 0 unspecified atom stereocenters. The molecule has 0 aliphatic carbocycles. The molecule has 0 fully saturated rings. The quantitative estimate of drug-likeness (QED) is 0.836. The van der Waals surface area contributed by atoms with Crippen LogP contribution in [0.4, 0.5) is 5.69 Å². The molecule has 0 radical (unpaired) electrons. The number of rotatable bonds is 3. The molecule has 0 bridgehead atoms. The molecular weight excluding hydrogens is 252 g/mol. The highest BCUT2D eigenvalue weighted by Gasteiger charge is 2.07. The predicted octanol–water partition coefficient (Wildman–Crippen LogP) is 2.63. The molecule has 0 saturated carbocycles. The van der Waals surface area contributed by atoms with Gasteiger partial charge in [-0.2, -0.15) is 0 Å². The summed E-state index contributed by atoms with van der Waals surface area (Å²) in [5, 5.41) is 4.66. The summed E-state index contributed by atoms with van der Waals surface area (Å²) in [6, 6.07) is 10.8. The fourth-order valence-corrected chi connectivity index (χ4v) is 2.10. The average Bonchev–Trinajstić information content (AvgIpc) is 2.82. The molecule has 0 aliphatic rings. The molecule has 2 rings (SSSR count). The van der Waals surface area contributed by atoms with Gasteiger partial charge in [-0.15, -0.1) is 11.3 Å². The molecule has 2 aromatic rings. The number of thiophene rings is 1. The molecule has 1 amide bonds. The van der Waals surface area contributed by atoms with Gasteiger partial charge in [0, 0.05) is 11.3 Å². The van der Waals surface area contributed by atoms with Crippen molar-refractivity contribution < 1.29 is 4.79 Å². The molecule has 1 aromatic carbocycles. The summed E-state index contributed by atoms with van der Waals surface area (Å²) in [4.78, 5) is 12.8. The minimum absolute atomic E-state index is 0.125. The summed E-state index contributed by atoms with van der Waals surface area (Å²) in [6.07, 6.45) is 0. The molecule has 1 heterocycles. The van der Waals surface area contributed by atoms with E-state index in [4.69, 9.17) is 18.0 Å². The van der Waals surface area contributed by atoms with E-state index in [-0.39, 0.29) is 5.91 Å². The van der Waals surface area contributed by atoms with Gasteiger partial charge in [0.05, 0.1) is 4.88 Å². The Hall–Kier alpha value is -1.72. The maximum Gasteiger partial charge on any atom is 0.265 e. The van der Waals surface area contributed by atoms with Gasteiger partial charge in [0.15, 0.2) is 0 Å². The van der Waals surface area contributed by atoms with Crippen LogP contribution in [0.5, 0.6) is 0 Å². The first-order chi connectivity index (χ1) is 8.16. The maximum absolute atomic E-state index is 11.8. The first-order valence-electron chi connectivity index (χ1n) is 4.91. The zero-order chi connectivity index (χ0) is 12.3. The van der Waals surface area contributed by atoms with Crippen LogP contribution in [-0.2, 0) is 0 Å². The lowest BCUT2D eigenvalue weighted by atomic mass is 10.2. The second-order valence-electron chi connectivity index (χ2n) is 3.38. The fraction of sp³-hybridized carbons (Fsp3) is 0. The number of benzene rings is 1. The Bertz CT molecular complexity index is 549. The van der Waals surface area contributed by atoms with Crippen molar-refractivity contribution in [2.75, 3.05) is 5.32 Å². The van der Waals surface area contributed by atoms with E-state index in [2.05, 4.69) is 5.32 Å². The van der Waals surface area contributed by atoms with Crippen LogP contribution in [0.25, 0.3) is 0 Å². The number of anilines is 1. The standard InChI is InChI=1S/C12H10N2OS2/c13-11(16)8-3-1-4-9(7-8)14-12(15)10-5-2-6-17-10/h1-7H,(H2,13,16)(H,14,15). The number of hydrogen-bond acceptors (Lipinski definition) is 3. The van der Waals surface area contributed by atoms with Crippen molar-refractivity contribution in [3.8, 4) is 0 Å². The van der Waals surface area contributed by atoms with Gasteiger partial charge < -0.3 is 11.1 Å². The molecule has 86 valence electrons. The lowest BCUT2D eigenvalue weighted by Crippen LogP contribution is -2.12. The van der Waals surface area contributed by atoms with Crippen molar-refractivity contribution in [1.82, 2.24) is 0 Å². The second-order valence-corrected chi connectivity index (χ2v) is 4.76. The fourth-order valence-electron chi connectivity index (χ4n) is 1.35. The van der Waals surface area contributed by atoms with Crippen LogP contribution in [-0.4, -0.2) is 10.9 Å². The van der Waals surface area contributed by atoms with Crippen molar-refractivity contribution in [2.24, 2.45) is 5.73 Å². The first-order valence-corrected chi connectivity index (χ1v) is 6.20. The second kappa shape index (κ2) is 5.07. The Labute approximate surface area is 108 Å². The zero-order valence-corrected chi connectivity index (χ0v) is 10.5. The van der Waals surface area contributed by atoms with E-state index >= 15 is 0 Å². The van der Waals surface area contributed by atoms with Crippen molar-refractivity contribution in [1.29, 1.82) is 0 Å². The third kappa shape index (κ3) is 2.89. The third-order valence-electron chi connectivity index (χ3n) is 2.15. The van der Waals surface area contributed by atoms with E-state index in [9.17, 15) is 4.79 Å². The number of carbonyl (C=O) groups is 1. The van der Waals surface area contributed by atoms with Crippen molar-refractivity contribution in [3.63, 3.8) is 0 Å². The number of nitrogens with one attached hydrogen (secondary N) is 1. The Morgan fingerprint density at radius 3 is 2.76 bits per heavy atom. The van der Waals surface area contributed by atoms with Gasteiger partial charge >= 0.3 is 0 Å². The van der Waals surface area contributed by atoms with Crippen molar-refractivity contribution in [2.45, 2.75) is 0 Å².